The van der Waals surface area contributed by atoms with E-state index in [1.807, 2.05) is 6.07 Å². The molecule has 2 nitrogen and oxygen atoms in total. The van der Waals surface area contributed by atoms with E-state index < -0.39 is 0 Å². The Labute approximate surface area is 145 Å². The van der Waals surface area contributed by atoms with Crippen molar-refractivity contribution in [1.82, 2.24) is 4.90 Å². The first kappa shape index (κ1) is 16.9. The van der Waals surface area contributed by atoms with Crippen molar-refractivity contribution in [3.8, 4) is 0 Å². The zero-order valence-corrected chi connectivity index (χ0v) is 14.3. The van der Waals surface area contributed by atoms with E-state index in [2.05, 4.69) is 71.6 Å². The number of hydrogen-bond donors (Lipinski definition) is 0. The average Bonchev–Trinajstić information content (AvgIpc) is 2.65. The van der Waals surface area contributed by atoms with Gasteiger partial charge in [0.2, 0.25) is 0 Å². The lowest BCUT2D eigenvalue weighted by Gasteiger charge is -2.31. The maximum Gasteiger partial charge on any atom is 0.0650 e. The fourth-order valence-electron chi connectivity index (χ4n) is 3.20. The molecule has 126 valence electrons. The van der Waals surface area contributed by atoms with Gasteiger partial charge in [0.25, 0.3) is 0 Å². The normalized spacial score (nSPS) is 16.7. The molecule has 0 unspecified atom stereocenters. The summed E-state index contributed by atoms with van der Waals surface area (Å²) in [5, 5.41) is 0. The molecule has 0 saturated carbocycles. The summed E-state index contributed by atoms with van der Waals surface area (Å²) in [4.78, 5) is 2.56. The predicted octanol–water partition coefficient (Wildman–Crippen LogP) is 4.63. The SMILES string of the molecule is C(=Cc1ccccc1)COCC1CCN(Cc2ccccc2)CC1. The highest BCUT2D eigenvalue weighted by Gasteiger charge is 2.19. The van der Waals surface area contributed by atoms with Crippen LogP contribution in [0.5, 0.6) is 0 Å². The standard InChI is InChI=1S/C22H27NO/c1-3-8-20(9-4-1)12-7-17-24-19-22-13-15-23(16-14-22)18-21-10-5-2-6-11-21/h1-12,22H,13-19H2. The van der Waals surface area contributed by atoms with Gasteiger partial charge in [-0.1, -0.05) is 72.8 Å². The molecule has 0 amide bonds. The van der Waals surface area contributed by atoms with Gasteiger partial charge in [-0.2, -0.15) is 0 Å². The van der Waals surface area contributed by atoms with Gasteiger partial charge in [-0.25, -0.2) is 0 Å². The topological polar surface area (TPSA) is 12.5 Å². The van der Waals surface area contributed by atoms with Gasteiger partial charge in [-0.3, -0.25) is 4.90 Å². The highest BCUT2D eigenvalue weighted by atomic mass is 16.5. The molecule has 0 aromatic heterocycles. The van der Waals surface area contributed by atoms with Crippen LogP contribution in [0.4, 0.5) is 0 Å². The van der Waals surface area contributed by atoms with Gasteiger partial charge in [0, 0.05) is 13.2 Å². The average molecular weight is 321 g/mol. The summed E-state index contributed by atoms with van der Waals surface area (Å²) < 4.78 is 5.84. The van der Waals surface area contributed by atoms with Crippen LogP contribution >= 0.6 is 0 Å². The Balaban J connectivity index is 1.30. The minimum atomic E-state index is 0.707. The van der Waals surface area contributed by atoms with Gasteiger partial charge in [0.1, 0.15) is 0 Å². The summed E-state index contributed by atoms with van der Waals surface area (Å²) in [5.41, 5.74) is 2.65. The molecule has 1 aliphatic rings. The molecule has 0 bridgehead atoms. The fourth-order valence-corrected chi connectivity index (χ4v) is 3.20. The molecule has 0 aliphatic carbocycles. The van der Waals surface area contributed by atoms with Crippen molar-refractivity contribution >= 4 is 6.08 Å². The number of benzene rings is 2. The third-order valence-electron chi connectivity index (χ3n) is 4.63. The summed E-state index contributed by atoms with van der Waals surface area (Å²) in [6.45, 7) is 5.04. The smallest absolute Gasteiger partial charge is 0.0650 e. The van der Waals surface area contributed by atoms with Crippen molar-refractivity contribution in [1.29, 1.82) is 0 Å². The maximum atomic E-state index is 5.84. The fraction of sp³-hybridized carbons (Fsp3) is 0.364. The molecule has 1 heterocycles. The molecular formula is C22H27NO. The minimum Gasteiger partial charge on any atom is -0.377 e. The highest BCUT2D eigenvalue weighted by molar-refractivity contribution is 5.48. The Morgan fingerprint density at radius 1 is 0.917 bits per heavy atom. The van der Waals surface area contributed by atoms with Crippen LogP contribution in [0, 0.1) is 5.92 Å². The second-order valence-electron chi connectivity index (χ2n) is 6.56. The number of likely N-dealkylation sites (tertiary alicyclic amines) is 1. The first-order valence-corrected chi connectivity index (χ1v) is 8.96. The lowest BCUT2D eigenvalue weighted by molar-refractivity contribution is 0.0801. The van der Waals surface area contributed by atoms with Gasteiger partial charge in [0.05, 0.1) is 6.61 Å². The van der Waals surface area contributed by atoms with E-state index in [4.69, 9.17) is 4.74 Å². The first-order chi connectivity index (χ1) is 11.9. The second kappa shape index (κ2) is 9.41. The van der Waals surface area contributed by atoms with Gasteiger partial charge in [-0.15, -0.1) is 0 Å². The first-order valence-electron chi connectivity index (χ1n) is 8.96. The van der Waals surface area contributed by atoms with E-state index >= 15 is 0 Å². The van der Waals surface area contributed by atoms with Crippen LogP contribution in [-0.4, -0.2) is 31.2 Å². The predicted molar refractivity (Wildman–Crippen MR) is 101 cm³/mol. The monoisotopic (exact) mass is 321 g/mol. The summed E-state index contributed by atoms with van der Waals surface area (Å²) in [6, 6.07) is 21.1. The summed E-state index contributed by atoms with van der Waals surface area (Å²) in [5.74, 6) is 0.710. The second-order valence-corrected chi connectivity index (χ2v) is 6.56. The zero-order valence-electron chi connectivity index (χ0n) is 14.3. The summed E-state index contributed by atoms with van der Waals surface area (Å²) >= 11 is 0. The molecule has 0 radical (unpaired) electrons. The van der Waals surface area contributed by atoms with Crippen LogP contribution in [0.3, 0.4) is 0 Å². The molecule has 3 rings (SSSR count). The van der Waals surface area contributed by atoms with E-state index in [-0.39, 0.29) is 0 Å². The van der Waals surface area contributed by atoms with E-state index in [0.717, 1.165) is 13.2 Å². The van der Waals surface area contributed by atoms with Crippen LogP contribution in [0.2, 0.25) is 0 Å². The highest BCUT2D eigenvalue weighted by Crippen LogP contribution is 2.19. The molecule has 1 saturated heterocycles. The lowest BCUT2D eigenvalue weighted by atomic mass is 9.97. The lowest BCUT2D eigenvalue weighted by Crippen LogP contribution is -2.34. The third-order valence-corrected chi connectivity index (χ3v) is 4.63. The van der Waals surface area contributed by atoms with E-state index in [0.29, 0.717) is 12.5 Å². The molecule has 2 aromatic carbocycles. The molecule has 2 aromatic rings. The summed E-state index contributed by atoms with van der Waals surface area (Å²) in [6.07, 6.45) is 6.73. The molecule has 24 heavy (non-hydrogen) atoms. The molecule has 0 atom stereocenters. The Bertz CT molecular complexity index is 600. The number of nitrogens with zero attached hydrogens (tertiary/aromatic N) is 1. The molecule has 1 fully saturated rings. The van der Waals surface area contributed by atoms with Crippen molar-refractivity contribution in [2.24, 2.45) is 5.92 Å². The van der Waals surface area contributed by atoms with Crippen molar-refractivity contribution in [2.45, 2.75) is 19.4 Å². The van der Waals surface area contributed by atoms with Gasteiger partial charge >= 0.3 is 0 Å². The minimum absolute atomic E-state index is 0.707. The van der Waals surface area contributed by atoms with Crippen molar-refractivity contribution in [3.05, 3.63) is 77.9 Å². The Kier molecular flexibility index (Phi) is 6.64. The van der Waals surface area contributed by atoms with Crippen molar-refractivity contribution < 1.29 is 4.74 Å². The zero-order chi connectivity index (χ0) is 16.5. The maximum absolute atomic E-state index is 5.84. The van der Waals surface area contributed by atoms with Gasteiger partial charge in [-0.05, 0) is 43.0 Å². The van der Waals surface area contributed by atoms with Crippen LogP contribution in [-0.2, 0) is 11.3 Å². The van der Waals surface area contributed by atoms with E-state index in [9.17, 15) is 0 Å². The largest absolute Gasteiger partial charge is 0.377 e. The molecule has 1 aliphatic heterocycles. The van der Waals surface area contributed by atoms with Crippen LogP contribution in [0.1, 0.15) is 24.0 Å². The van der Waals surface area contributed by atoms with E-state index in [1.165, 1.54) is 37.1 Å². The quantitative estimate of drug-likeness (QED) is 0.690. The molecular weight excluding hydrogens is 294 g/mol. The van der Waals surface area contributed by atoms with Gasteiger partial charge < -0.3 is 4.74 Å². The molecule has 0 spiro atoms. The van der Waals surface area contributed by atoms with E-state index in [1.54, 1.807) is 0 Å². The summed E-state index contributed by atoms with van der Waals surface area (Å²) in [7, 11) is 0. The van der Waals surface area contributed by atoms with Crippen molar-refractivity contribution in [3.63, 3.8) is 0 Å². The Hall–Kier alpha value is -1.90. The Morgan fingerprint density at radius 3 is 2.29 bits per heavy atom. The van der Waals surface area contributed by atoms with Crippen molar-refractivity contribution in [2.75, 3.05) is 26.3 Å². The van der Waals surface area contributed by atoms with Crippen LogP contribution < -0.4 is 0 Å². The molecule has 2 heteroatoms. The number of ether oxygens (including phenoxy) is 1. The van der Waals surface area contributed by atoms with Gasteiger partial charge in [0.15, 0.2) is 0 Å². The van der Waals surface area contributed by atoms with Crippen LogP contribution in [0.25, 0.3) is 6.08 Å². The number of hydrogen-bond acceptors (Lipinski definition) is 2. The van der Waals surface area contributed by atoms with Crippen LogP contribution in [0.15, 0.2) is 66.7 Å². The third kappa shape index (κ3) is 5.63. The Morgan fingerprint density at radius 2 is 1.58 bits per heavy atom. The molecule has 0 N–H and O–H groups in total. The number of piperidine rings is 1. The number of rotatable bonds is 7.